The Kier molecular flexibility index (Phi) is 7.43. The lowest BCUT2D eigenvalue weighted by Crippen LogP contribution is -2.40. The molecule has 2 saturated heterocycles. The van der Waals surface area contributed by atoms with E-state index in [9.17, 15) is 13.2 Å². The van der Waals surface area contributed by atoms with Gasteiger partial charge in [0.2, 0.25) is 10.0 Å². The van der Waals surface area contributed by atoms with Crippen molar-refractivity contribution in [2.45, 2.75) is 64.0 Å². The van der Waals surface area contributed by atoms with Gasteiger partial charge in [-0.15, -0.1) is 0 Å². The van der Waals surface area contributed by atoms with Crippen LogP contribution in [0.2, 0.25) is 0 Å². The van der Waals surface area contributed by atoms with E-state index in [0.29, 0.717) is 37.2 Å². The number of primary amides is 1. The number of sulfonamides is 1. The van der Waals surface area contributed by atoms with Gasteiger partial charge in [0.15, 0.2) is 0 Å². The van der Waals surface area contributed by atoms with Gasteiger partial charge in [0.25, 0.3) is 5.91 Å². The third kappa shape index (κ3) is 5.33. The van der Waals surface area contributed by atoms with Gasteiger partial charge in [-0.05, 0) is 87.2 Å². The van der Waals surface area contributed by atoms with E-state index in [2.05, 4.69) is 29.8 Å². The fourth-order valence-electron chi connectivity index (χ4n) is 6.28. The Morgan fingerprint density at radius 2 is 1.68 bits per heavy atom. The second-order valence-corrected chi connectivity index (χ2v) is 12.9. The first-order chi connectivity index (χ1) is 17.7. The van der Waals surface area contributed by atoms with Crippen LogP contribution in [0.5, 0.6) is 0 Å². The van der Waals surface area contributed by atoms with Crippen LogP contribution in [0.1, 0.15) is 67.8 Å². The van der Waals surface area contributed by atoms with E-state index >= 15 is 0 Å². The molecular weight excluding hydrogens is 484 g/mol. The lowest BCUT2D eigenvalue weighted by Gasteiger charge is -2.32. The fourth-order valence-corrected chi connectivity index (χ4v) is 7.79. The standard InChI is InChI=1S/C29H38N4O3S/c1-20-9-10-21(2)33(20)13-6-16-37(35,36)32-14-11-23(12-15-32)27-19-31-28-25(27)17-24(18-26(28)29(30)34)22-7-4-3-5-8-22/h3-5,7-8,17-21,23,31H,6,9-16H2,1-2H3,(H2,30,34)/t20-,21-/m0/s1. The van der Waals surface area contributed by atoms with Gasteiger partial charge in [-0.25, -0.2) is 12.7 Å². The average Bonchev–Trinajstić information content (AvgIpc) is 3.47. The molecule has 0 radical (unpaired) electrons. The lowest BCUT2D eigenvalue weighted by atomic mass is 9.88. The number of nitrogens with two attached hydrogens (primary N) is 1. The number of nitrogens with one attached hydrogen (secondary N) is 1. The van der Waals surface area contributed by atoms with Gasteiger partial charge >= 0.3 is 0 Å². The van der Waals surface area contributed by atoms with Crippen LogP contribution in [0.15, 0.2) is 48.7 Å². The van der Waals surface area contributed by atoms with E-state index in [1.165, 1.54) is 12.8 Å². The summed E-state index contributed by atoms with van der Waals surface area (Å²) in [5, 5.41) is 0.991. The first-order valence-corrected chi connectivity index (χ1v) is 15.1. The van der Waals surface area contributed by atoms with Crippen molar-refractivity contribution in [3.8, 4) is 11.1 Å². The lowest BCUT2D eigenvalue weighted by molar-refractivity contribution is 0.100. The molecule has 1 aromatic heterocycles. The van der Waals surface area contributed by atoms with Crippen LogP contribution >= 0.6 is 0 Å². The number of rotatable bonds is 8. The van der Waals surface area contributed by atoms with Gasteiger partial charge in [0.1, 0.15) is 0 Å². The summed E-state index contributed by atoms with van der Waals surface area (Å²) < 4.78 is 27.9. The van der Waals surface area contributed by atoms with E-state index in [0.717, 1.165) is 47.0 Å². The Labute approximate surface area is 220 Å². The van der Waals surface area contributed by atoms with Crippen molar-refractivity contribution in [1.82, 2.24) is 14.2 Å². The summed E-state index contributed by atoms with van der Waals surface area (Å²) in [4.78, 5) is 18.0. The number of carbonyl (C=O) groups excluding carboxylic acids is 1. The van der Waals surface area contributed by atoms with Crippen LogP contribution in [0.3, 0.4) is 0 Å². The molecule has 0 saturated carbocycles. The number of H-pyrrole nitrogens is 1. The third-order valence-corrected chi connectivity index (χ3v) is 10.4. The highest BCUT2D eigenvalue weighted by Crippen LogP contribution is 2.37. The summed E-state index contributed by atoms with van der Waals surface area (Å²) in [6.07, 6.45) is 6.56. The molecule has 2 aromatic carbocycles. The Bertz CT molecular complexity index is 1350. The predicted octanol–water partition coefficient (Wildman–Crippen LogP) is 4.71. The van der Waals surface area contributed by atoms with Crippen LogP contribution in [0.4, 0.5) is 0 Å². The maximum Gasteiger partial charge on any atom is 0.250 e. The van der Waals surface area contributed by atoms with Crippen molar-refractivity contribution in [3.63, 3.8) is 0 Å². The number of aromatic nitrogens is 1. The van der Waals surface area contributed by atoms with Crippen molar-refractivity contribution in [2.75, 3.05) is 25.4 Å². The number of carbonyl (C=O) groups is 1. The highest BCUT2D eigenvalue weighted by molar-refractivity contribution is 7.89. The molecule has 0 spiro atoms. The highest BCUT2D eigenvalue weighted by Gasteiger charge is 2.31. The zero-order valence-electron chi connectivity index (χ0n) is 21.8. The van der Waals surface area contributed by atoms with Crippen LogP contribution in [-0.4, -0.2) is 66.0 Å². The fraction of sp³-hybridized carbons (Fsp3) is 0.483. The second-order valence-electron chi connectivity index (χ2n) is 10.8. The largest absolute Gasteiger partial charge is 0.366 e. The Hall–Kier alpha value is -2.68. The summed E-state index contributed by atoms with van der Waals surface area (Å²) in [6.45, 7) is 6.37. The van der Waals surface area contributed by atoms with Gasteiger partial charge in [0, 0.05) is 36.8 Å². The number of nitrogens with zero attached hydrogens (tertiary/aromatic N) is 2. The van der Waals surface area contributed by atoms with E-state index in [1.54, 1.807) is 4.31 Å². The Morgan fingerprint density at radius 1 is 1.00 bits per heavy atom. The number of amides is 1. The molecule has 3 aromatic rings. The van der Waals surface area contributed by atoms with Crippen LogP contribution in [0.25, 0.3) is 22.0 Å². The minimum Gasteiger partial charge on any atom is -0.366 e. The van der Waals surface area contributed by atoms with Crippen LogP contribution in [-0.2, 0) is 10.0 Å². The SMILES string of the molecule is C[C@H]1CC[C@H](C)N1CCCS(=O)(=O)N1CCC(c2c[nH]c3c(C(N)=O)cc(-c4ccccc4)cc23)CC1. The topological polar surface area (TPSA) is 99.5 Å². The molecule has 1 amide bonds. The predicted molar refractivity (Wildman–Crippen MR) is 149 cm³/mol. The molecule has 2 fully saturated rings. The molecule has 2 aliphatic heterocycles. The first-order valence-electron chi connectivity index (χ1n) is 13.5. The number of fused-ring (bicyclic) bond motifs is 1. The molecule has 37 heavy (non-hydrogen) atoms. The summed E-state index contributed by atoms with van der Waals surface area (Å²) in [6, 6.07) is 15.0. The molecule has 3 N–H and O–H groups in total. The first kappa shape index (κ1) is 25.9. The molecule has 2 aliphatic rings. The van der Waals surface area contributed by atoms with Crippen molar-refractivity contribution in [1.29, 1.82) is 0 Å². The zero-order chi connectivity index (χ0) is 26.2. The summed E-state index contributed by atoms with van der Waals surface area (Å²) in [5.74, 6) is -0.0311. The van der Waals surface area contributed by atoms with Crippen molar-refractivity contribution < 1.29 is 13.2 Å². The summed E-state index contributed by atoms with van der Waals surface area (Å²) in [5.41, 5.74) is 10.1. The molecule has 0 bridgehead atoms. The molecule has 8 heteroatoms. The molecule has 198 valence electrons. The van der Waals surface area contributed by atoms with E-state index in [-0.39, 0.29) is 11.7 Å². The molecule has 2 atom stereocenters. The molecule has 0 unspecified atom stereocenters. The van der Waals surface area contributed by atoms with Crippen LogP contribution in [0, 0.1) is 0 Å². The van der Waals surface area contributed by atoms with E-state index in [4.69, 9.17) is 5.73 Å². The quantitative estimate of drug-likeness (QED) is 0.448. The van der Waals surface area contributed by atoms with E-state index < -0.39 is 15.9 Å². The van der Waals surface area contributed by atoms with Gasteiger partial charge in [-0.1, -0.05) is 30.3 Å². The van der Waals surface area contributed by atoms with Crippen molar-refractivity contribution >= 4 is 26.8 Å². The average molecular weight is 523 g/mol. The molecule has 3 heterocycles. The molecular formula is C29H38N4O3S. The number of hydrogen-bond acceptors (Lipinski definition) is 4. The monoisotopic (exact) mass is 522 g/mol. The number of piperidine rings is 1. The minimum absolute atomic E-state index is 0.211. The van der Waals surface area contributed by atoms with Gasteiger partial charge in [-0.2, -0.15) is 0 Å². The summed E-state index contributed by atoms with van der Waals surface area (Å²) in [7, 11) is -3.27. The summed E-state index contributed by atoms with van der Waals surface area (Å²) >= 11 is 0. The minimum atomic E-state index is -3.27. The number of hydrogen-bond donors (Lipinski definition) is 2. The molecule has 5 rings (SSSR count). The number of aromatic amines is 1. The molecule has 0 aliphatic carbocycles. The third-order valence-electron chi connectivity index (χ3n) is 8.43. The maximum atomic E-state index is 13.1. The van der Waals surface area contributed by atoms with Crippen molar-refractivity contribution in [3.05, 3.63) is 59.8 Å². The number of likely N-dealkylation sites (tertiary alicyclic amines) is 1. The van der Waals surface area contributed by atoms with E-state index in [1.807, 2.05) is 42.6 Å². The normalized spacial score (nSPS) is 22.1. The van der Waals surface area contributed by atoms with Gasteiger partial charge < -0.3 is 10.7 Å². The van der Waals surface area contributed by atoms with Crippen LogP contribution < -0.4 is 5.73 Å². The second kappa shape index (κ2) is 10.6. The maximum absolute atomic E-state index is 13.1. The highest BCUT2D eigenvalue weighted by atomic mass is 32.2. The zero-order valence-corrected chi connectivity index (χ0v) is 22.6. The number of benzene rings is 2. The Morgan fingerprint density at radius 3 is 2.32 bits per heavy atom. The van der Waals surface area contributed by atoms with Gasteiger partial charge in [0.05, 0.1) is 16.8 Å². The smallest absolute Gasteiger partial charge is 0.250 e. The molecule has 7 nitrogen and oxygen atoms in total. The van der Waals surface area contributed by atoms with Crippen molar-refractivity contribution in [2.24, 2.45) is 5.73 Å². The Balaban J connectivity index is 1.29. The van der Waals surface area contributed by atoms with Gasteiger partial charge in [-0.3, -0.25) is 9.69 Å².